The second-order valence-corrected chi connectivity index (χ2v) is 5.44. The van der Waals surface area contributed by atoms with E-state index >= 15 is 0 Å². The Balaban J connectivity index is 1.50. The molecular weight excluding hydrogens is 310 g/mol. The Morgan fingerprint density at radius 2 is 2.00 bits per heavy atom. The third-order valence-corrected chi connectivity index (χ3v) is 3.73. The summed E-state index contributed by atoms with van der Waals surface area (Å²) in [4.78, 5) is 36.1. The van der Waals surface area contributed by atoms with Crippen LogP contribution in [0.3, 0.4) is 0 Å². The minimum atomic E-state index is -0.442. The van der Waals surface area contributed by atoms with Gasteiger partial charge in [-0.15, -0.1) is 0 Å². The molecule has 124 valence electrons. The molecule has 0 unspecified atom stereocenters. The number of aromatic amines is 1. The Kier molecular flexibility index (Phi) is 4.55. The Labute approximate surface area is 138 Å². The molecule has 0 bridgehead atoms. The number of imide groups is 1. The Bertz CT molecular complexity index is 740. The van der Waals surface area contributed by atoms with Gasteiger partial charge in [-0.25, -0.2) is 4.79 Å². The number of aromatic nitrogens is 2. The zero-order valence-corrected chi connectivity index (χ0v) is 12.9. The van der Waals surface area contributed by atoms with Gasteiger partial charge in [-0.1, -0.05) is 12.1 Å². The fraction of sp³-hybridized carbons (Fsp3) is 0.250. The van der Waals surface area contributed by atoms with Gasteiger partial charge in [0.15, 0.2) is 0 Å². The van der Waals surface area contributed by atoms with Gasteiger partial charge >= 0.3 is 6.03 Å². The highest BCUT2D eigenvalue weighted by molar-refractivity contribution is 5.97. The number of amides is 4. The first-order valence-electron chi connectivity index (χ1n) is 7.60. The number of rotatable bonds is 5. The van der Waals surface area contributed by atoms with E-state index in [2.05, 4.69) is 20.8 Å². The van der Waals surface area contributed by atoms with Gasteiger partial charge in [-0.3, -0.25) is 20.0 Å². The van der Waals surface area contributed by atoms with Gasteiger partial charge in [0, 0.05) is 37.8 Å². The molecule has 1 aromatic heterocycles. The molecule has 1 aliphatic rings. The van der Waals surface area contributed by atoms with Crippen LogP contribution in [0.4, 0.5) is 10.5 Å². The molecule has 0 atom stereocenters. The van der Waals surface area contributed by atoms with Crippen molar-refractivity contribution < 1.29 is 14.4 Å². The lowest BCUT2D eigenvalue weighted by molar-refractivity contribution is -0.121. The highest BCUT2D eigenvalue weighted by Crippen LogP contribution is 2.19. The normalized spacial score (nSPS) is 14.4. The van der Waals surface area contributed by atoms with E-state index in [4.69, 9.17) is 0 Å². The van der Waals surface area contributed by atoms with Crippen LogP contribution in [0.15, 0.2) is 36.5 Å². The summed E-state index contributed by atoms with van der Waals surface area (Å²) in [7, 11) is 0. The minimum absolute atomic E-state index is 0.171. The van der Waals surface area contributed by atoms with Crippen molar-refractivity contribution in [1.82, 2.24) is 20.4 Å². The first kappa shape index (κ1) is 15.7. The molecule has 0 saturated carbocycles. The smallest absolute Gasteiger partial charge is 0.324 e. The van der Waals surface area contributed by atoms with Crippen molar-refractivity contribution in [2.45, 2.75) is 12.8 Å². The van der Waals surface area contributed by atoms with Crippen LogP contribution in [0, 0.1) is 0 Å². The number of carbonyl (C=O) groups is 3. The maximum absolute atomic E-state index is 12.0. The van der Waals surface area contributed by atoms with Gasteiger partial charge in [0.2, 0.25) is 11.8 Å². The van der Waals surface area contributed by atoms with Crippen LogP contribution in [0.2, 0.25) is 0 Å². The number of benzene rings is 1. The fourth-order valence-electron chi connectivity index (χ4n) is 2.42. The number of hydrogen-bond donors (Lipinski definition) is 3. The van der Waals surface area contributed by atoms with Gasteiger partial charge in [-0.2, -0.15) is 5.10 Å². The average molecular weight is 327 g/mol. The van der Waals surface area contributed by atoms with Crippen molar-refractivity contribution in [1.29, 1.82) is 0 Å². The summed E-state index contributed by atoms with van der Waals surface area (Å²) in [6, 6.07) is 8.80. The average Bonchev–Trinajstić information content (AvgIpc) is 3.09. The molecule has 0 aliphatic carbocycles. The molecule has 1 fully saturated rings. The monoisotopic (exact) mass is 327 g/mol. The molecule has 1 saturated heterocycles. The lowest BCUT2D eigenvalue weighted by Gasteiger charge is -2.26. The first-order valence-corrected chi connectivity index (χ1v) is 7.60. The van der Waals surface area contributed by atoms with Crippen molar-refractivity contribution in [3.63, 3.8) is 0 Å². The zero-order valence-electron chi connectivity index (χ0n) is 12.9. The summed E-state index contributed by atoms with van der Waals surface area (Å²) in [6.45, 7) is 0.619. The quantitative estimate of drug-likeness (QED) is 0.770. The summed E-state index contributed by atoms with van der Waals surface area (Å²) in [5.41, 5.74) is 2.56. The lowest BCUT2D eigenvalue weighted by Crippen LogP contribution is -2.50. The summed E-state index contributed by atoms with van der Waals surface area (Å²) in [6.07, 6.45) is 2.11. The van der Waals surface area contributed by atoms with E-state index in [1.54, 1.807) is 18.3 Å². The molecule has 3 N–H and O–H groups in total. The standard InChI is InChI=1S/C16H17N5O3/c22-14(6-9-21-10-7-15(23)19-16(21)24)18-12-3-1-11(2-4-12)13-5-8-17-20-13/h1-5,8H,6-7,9-10H2,(H,17,20)(H,18,22)(H,19,23,24). The van der Waals surface area contributed by atoms with Gasteiger partial charge in [-0.05, 0) is 23.8 Å². The van der Waals surface area contributed by atoms with Crippen molar-refractivity contribution >= 4 is 23.5 Å². The summed E-state index contributed by atoms with van der Waals surface area (Å²) < 4.78 is 0. The predicted octanol–water partition coefficient (Wildman–Crippen LogP) is 1.35. The van der Waals surface area contributed by atoms with Crippen molar-refractivity contribution in [3.05, 3.63) is 36.5 Å². The van der Waals surface area contributed by atoms with E-state index in [0.29, 0.717) is 12.2 Å². The van der Waals surface area contributed by atoms with Crippen LogP contribution in [0.1, 0.15) is 12.8 Å². The SMILES string of the molecule is O=C1CCN(CCC(=O)Nc2ccc(-c3ccn[nH]3)cc2)C(=O)N1. The number of hydrogen-bond acceptors (Lipinski definition) is 4. The number of nitrogens with one attached hydrogen (secondary N) is 3. The molecule has 8 heteroatoms. The third-order valence-electron chi connectivity index (χ3n) is 3.73. The molecule has 1 aromatic carbocycles. The second kappa shape index (κ2) is 6.95. The number of H-pyrrole nitrogens is 1. The summed E-state index contributed by atoms with van der Waals surface area (Å²) in [5, 5.41) is 11.8. The molecule has 8 nitrogen and oxygen atoms in total. The van der Waals surface area contributed by atoms with E-state index in [9.17, 15) is 14.4 Å². The zero-order chi connectivity index (χ0) is 16.9. The topological polar surface area (TPSA) is 107 Å². The maximum atomic E-state index is 12.0. The van der Waals surface area contributed by atoms with Crippen LogP contribution in [-0.4, -0.2) is 46.0 Å². The molecule has 2 aromatic rings. The molecule has 4 amide bonds. The van der Waals surface area contributed by atoms with E-state index in [0.717, 1.165) is 11.3 Å². The van der Waals surface area contributed by atoms with E-state index in [-0.39, 0.29) is 31.2 Å². The number of anilines is 1. The van der Waals surface area contributed by atoms with Crippen LogP contribution in [-0.2, 0) is 9.59 Å². The molecular formula is C16H17N5O3. The van der Waals surface area contributed by atoms with Gasteiger partial charge < -0.3 is 10.2 Å². The molecule has 1 aliphatic heterocycles. The number of carbonyl (C=O) groups excluding carboxylic acids is 3. The van der Waals surface area contributed by atoms with Gasteiger partial charge in [0.25, 0.3) is 0 Å². The molecule has 2 heterocycles. The van der Waals surface area contributed by atoms with Crippen LogP contribution in [0.25, 0.3) is 11.3 Å². The Morgan fingerprint density at radius 3 is 2.67 bits per heavy atom. The molecule has 3 rings (SSSR count). The Hall–Kier alpha value is -3.16. The minimum Gasteiger partial charge on any atom is -0.326 e. The van der Waals surface area contributed by atoms with Crippen LogP contribution in [0.5, 0.6) is 0 Å². The van der Waals surface area contributed by atoms with Crippen molar-refractivity contribution in [2.75, 3.05) is 18.4 Å². The molecule has 24 heavy (non-hydrogen) atoms. The highest BCUT2D eigenvalue weighted by Gasteiger charge is 2.22. The van der Waals surface area contributed by atoms with Crippen LogP contribution < -0.4 is 10.6 Å². The first-order chi connectivity index (χ1) is 11.6. The third kappa shape index (κ3) is 3.78. The largest absolute Gasteiger partial charge is 0.326 e. The molecule has 0 radical (unpaired) electrons. The maximum Gasteiger partial charge on any atom is 0.324 e. The van der Waals surface area contributed by atoms with E-state index in [1.807, 2.05) is 18.2 Å². The van der Waals surface area contributed by atoms with Crippen LogP contribution >= 0.6 is 0 Å². The van der Waals surface area contributed by atoms with Gasteiger partial charge in [0.05, 0.1) is 5.69 Å². The van der Waals surface area contributed by atoms with E-state index < -0.39 is 6.03 Å². The summed E-state index contributed by atoms with van der Waals surface area (Å²) >= 11 is 0. The fourth-order valence-corrected chi connectivity index (χ4v) is 2.42. The lowest BCUT2D eigenvalue weighted by atomic mass is 10.1. The summed E-state index contributed by atoms with van der Waals surface area (Å²) in [5.74, 6) is -0.466. The number of urea groups is 1. The van der Waals surface area contributed by atoms with Crippen molar-refractivity contribution in [2.24, 2.45) is 0 Å². The predicted molar refractivity (Wildman–Crippen MR) is 87.0 cm³/mol. The van der Waals surface area contributed by atoms with E-state index in [1.165, 1.54) is 4.90 Å². The molecule has 0 spiro atoms. The highest BCUT2D eigenvalue weighted by atomic mass is 16.2. The van der Waals surface area contributed by atoms with Gasteiger partial charge in [0.1, 0.15) is 0 Å². The van der Waals surface area contributed by atoms with Crippen molar-refractivity contribution in [3.8, 4) is 11.3 Å². The second-order valence-electron chi connectivity index (χ2n) is 5.44. The number of nitrogens with zero attached hydrogens (tertiary/aromatic N) is 2. The Morgan fingerprint density at radius 1 is 1.21 bits per heavy atom.